The maximum Gasteiger partial charge on any atom is 0.335 e. The van der Waals surface area contributed by atoms with Crippen LogP contribution in [0.3, 0.4) is 0 Å². The van der Waals surface area contributed by atoms with Crippen molar-refractivity contribution in [2.75, 3.05) is 0 Å². The first-order valence-corrected chi connectivity index (χ1v) is 4.93. The Kier molecular flexibility index (Phi) is 2.48. The second-order valence-corrected chi connectivity index (χ2v) is 3.71. The summed E-state index contributed by atoms with van der Waals surface area (Å²) in [6, 6.07) is 5.06. The number of carbonyl (C=O) groups is 1. The summed E-state index contributed by atoms with van der Waals surface area (Å²) in [5.41, 5.74) is 3.20. The second kappa shape index (κ2) is 3.81. The smallest absolute Gasteiger partial charge is 0.335 e. The number of aryl methyl sites for hydroxylation is 2. The number of imidazole rings is 1. The summed E-state index contributed by atoms with van der Waals surface area (Å²) in [7, 11) is 0. The molecule has 1 aromatic carbocycles. The molecule has 0 fully saturated rings. The van der Waals surface area contributed by atoms with Crippen molar-refractivity contribution in [3.63, 3.8) is 0 Å². The van der Waals surface area contributed by atoms with Gasteiger partial charge in [0.1, 0.15) is 0 Å². The lowest BCUT2D eigenvalue weighted by Crippen LogP contribution is -2.01. The number of carboxylic acid groups (broad SMARTS) is 1. The predicted molar refractivity (Wildman–Crippen MR) is 60.0 cm³/mol. The van der Waals surface area contributed by atoms with Gasteiger partial charge in [-0.1, -0.05) is 0 Å². The fourth-order valence-corrected chi connectivity index (χ4v) is 1.67. The van der Waals surface area contributed by atoms with E-state index in [1.165, 1.54) is 0 Å². The number of aromatic nitrogens is 2. The summed E-state index contributed by atoms with van der Waals surface area (Å²) in [6.45, 7) is 3.85. The maximum atomic E-state index is 10.8. The van der Waals surface area contributed by atoms with Gasteiger partial charge >= 0.3 is 5.97 Å². The van der Waals surface area contributed by atoms with Crippen molar-refractivity contribution < 1.29 is 9.90 Å². The lowest BCUT2D eigenvalue weighted by molar-refractivity contribution is 0.0697. The zero-order chi connectivity index (χ0) is 11.7. The zero-order valence-electron chi connectivity index (χ0n) is 9.14. The maximum absolute atomic E-state index is 10.8. The fraction of sp³-hybridized carbons (Fsp3) is 0.167. The van der Waals surface area contributed by atoms with Crippen molar-refractivity contribution in [2.24, 2.45) is 0 Å². The van der Waals surface area contributed by atoms with Crippen molar-refractivity contribution in [1.29, 1.82) is 0 Å². The standard InChI is InChI=1S/C12H12N2O2/c1-8-5-10(12(15)16)3-4-11(8)14-7-13-6-9(14)2/h3-7H,1-2H3,(H,15,16). The lowest BCUT2D eigenvalue weighted by atomic mass is 10.1. The summed E-state index contributed by atoms with van der Waals surface area (Å²) in [5.74, 6) is -0.906. The summed E-state index contributed by atoms with van der Waals surface area (Å²) >= 11 is 0. The van der Waals surface area contributed by atoms with Gasteiger partial charge in [0, 0.05) is 17.6 Å². The third-order valence-electron chi connectivity index (χ3n) is 2.53. The Bertz CT molecular complexity index is 544. The highest BCUT2D eigenvalue weighted by Gasteiger charge is 2.07. The summed E-state index contributed by atoms with van der Waals surface area (Å²) in [6.07, 6.45) is 3.49. The average molecular weight is 216 g/mol. The van der Waals surface area contributed by atoms with E-state index < -0.39 is 5.97 Å². The third kappa shape index (κ3) is 1.69. The Hall–Kier alpha value is -2.10. The molecule has 16 heavy (non-hydrogen) atoms. The topological polar surface area (TPSA) is 55.1 Å². The molecule has 0 amide bonds. The molecule has 4 heteroatoms. The van der Waals surface area contributed by atoms with Crippen LogP contribution in [-0.2, 0) is 0 Å². The molecule has 0 saturated carbocycles. The number of rotatable bonds is 2. The largest absolute Gasteiger partial charge is 0.478 e. The number of carboxylic acids is 1. The van der Waals surface area contributed by atoms with Gasteiger partial charge in [-0.3, -0.25) is 0 Å². The molecule has 1 N–H and O–H groups in total. The molecule has 1 aromatic heterocycles. The van der Waals surface area contributed by atoms with E-state index >= 15 is 0 Å². The zero-order valence-corrected chi connectivity index (χ0v) is 9.14. The predicted octanol–water partition coefficient (Wildman–Crippen LogP) is 2.19. The van der Waals surface area contributed by atoms with Gasteiger partial charge in [-0.15, -0.1) is 0 Å². The van der Waals surface area contributed by atoms with Gasteiger partial charge in [0.05, 0.1) is 11.9 Å². The van der Waals surface area contributed by atoms with E-state index in [-0.39, 0.29) is 0 Å². The first-order chi connectivity index (χ1) is 7.59. The number of hydrogen-bond acceptors (Lipinski definition) is 2. The molecule has 0 radical (unpaired) electrons. The molecule has 0 spiro atoms. The molecule has 0 bridgehead atoms. The molecule has 0 unspecified atom stereocenters. The van der Waals surface area contributed by atoms with E-state index in [9.17, 15) is 4.79 Å². The lowest BCUT2D eigenvalue weighted by Gasteiger charge is -2.09. The monoisotopic (exact) mass is 216 g/mol. The Morgan fingerprint density at radius 2 is 2.12 bits per heavy atom. The third-order valence-corrected chi connectivity index (χ3v) is 2.53. The van der Waals surface area contributed by atoms with Gasteiger partial charge in [-0.05, 0) is 37.6 Å². The van der Waals surface area contributed by atoms with Gasteiger partial charge in [0.15, 0.2) is 0 Å². The van der Waals surface area contributed by atoms with Gasteiger partial charge in [-0.25, -0.2) is 9.78 Å². The van der Waals surface area contributed by atoms with E-state index in [1.54, 1.807) is 30.7 Å². The summed E-state index contributed by atoms with van der Waals surface area (Å²) < 4.78 is 1.93. The molecule has 0 aliphatic carbocycles. The van der Waals surface area contributed by atoms with Gasteiger partial charge < -0.3 is 9.67 Å². The molecule has 2 rings (SSSR count). The molecule has 82 valence electrons. The van der Waals surface area contributed by atoms with Crippen LogP contribution >= 0.6 is 0 Å². The average Bonchev–Trinajstić information content (AvgIpc) is 2.64. The van der Waals surface area contributed by atoms with Crippen molar-refractivity contribution >= 4 is 5.97 Å². The number of nitrogens with zero attached hydrogens (tertiary/aromatic N) is 2. The first-order valence-electron chi connectivity index (χ1n) is 4.93. The van der Waals surface area contributed by atoms with Crippen LogP contribution in [0, 0.1) is 13.8 Å². The van der Waals surface area contributed by atoms with E-state index in [0.717, 1.165) is 16.9 Å². The molecule has 2 aromatic rings. The molecular formula is C12H12N2O2. The van der Waals surface area contributed by atoms with E-state index in [4.69, 9.17) is 5.11 Å². The summed E-state index contributed by atoms with van der Waals surface area (Å²) in [5, 5.41) is 8.87. The Balaban J connectivity index is 2.52. The van der Waals surface area contributed by atoms with Crippen LogP contribution in [0.5, 0.6) is 0 Å². The molecule has 0 aliphatic heterocycles. The first kappa shape index (κ1) is 10.4. The molecule has 0 aliphatic rings. The minimum Gasteiger partial charge on any atom is -0.478 e. The van der Waals surface area contributed by atoms with Crippen LogP contribution in [0.1, 0.15) is 21.6 Å². The normalized spacial score (nSPS) is 10.4. The van der Waals surface area contributed by atoms with Crippen LogP contribution in [0.15, 0.2) is 30.7 Å². The Morgan fingerprint density at radius 3 is 2.62 bits per heavy atom. The van der Waals surface area contributed by atoms with Gasteiger partial charge in [0.2, 0.25) is 0 Å². The van der Waals surface area contributed by atoms with Crippen molar-refractivity contribution in [2.45, 2.75) is 13.8 Å². The number of hydrogen-bond donors (Lipinski definition) is 1. The SMILES string of the molecule is Cc1cc(C(=O)O)ccc1-n1cncc1C. The Labute approximate surface area is 93.2 Å². The van der Waals surface area contributed by atoms with Crippen molar-refractivity contribution in [3.05, 3.63) is 47.5 Å². The molecule has 4 nitrogen and oxygen atoms in total. The molecule has 1 heterocycles. The fourth-order valence-electron chi connectivity index (χ4n) is 1.67. The van der Waals surface area contributed by atoms with Gasteiger partial charge in [0.25, 0.3) is 0 Å². The molecular weight excluding hydrogens is 204 g/mol. The highest BCUT2D eigenvalue weighted by Crippen LogP contribution is 2.17. The molecule has 0 atom stereocenters. The van der Waals surface area contributed by atoms with E-state index in [1.807, 2.05) is 18.4 Å². The van der Waals surface area contributed by atoms with Crippen LogP contribution in [0.2, 0.25) is 0 Å². The quantitative estimate of drug-likeness (QED) is 0.837. The van der Waals surface area contributed by atoms with E-state index in [2.05, 4.69) is 4.98 Å². The van der Waals surface area contributed by atoms with Gasteiger partial charge in [-0.2, -0.15) is 0 Å². The van der Waals surface area contributed by atoms with Crippen molar-refractivity contribution in [1.82, 2.24) is 9.55 Å². The van der Waals surface area contributed by atoms with Crippen molar-refractivity contribution in [3.8, 4) is 5.69 Å². The molecule has 0 saturated heterocycles. The second-order valence-electron chi connectivity index (χ2n) is 3.71. The van der Waals surface area contributed by atoms with Crippen LogP contribution in [0.4, 0.5) is 0 Å². The van der Waals surface area contributed by atoms with Crippen LogP contribution < -0.4 is 0 Å². The van der Waals surface area contributed by atoms with Crippen LogP contribution in [0.25, 0.3) is 5.69 Å². The summed E-state index contributed by atoms with van der Waals surface area (Å²) in [4.78, 5) is 14.8. The minimum atomic E-state index is -0.906. The minimum absolute atomic E-state index is 0.305. The highest BCUT2D eigenvalue weighted by atomic mass is 16.4. The number of aromatic carboxylic acids is 1. The van der Waals surface area contributed by atoms with Crippen LogP contribution in [-0.4, -0.2) is 20.6 Å². The Morgan fingerprint density at radius 1 is 1.38 bits per heavy atom. The number of benzene rings is 1. The highest BCUT2D eigenvalue weighted by molar-refractivity contribution is 5.88. The van der Waals surface area contributed by atoms with E-state index in [0.29, 0.717) is 5.56 Å².